The molecule has 0 N–H and O–H groups in total. The Morgan fingerprint density at radius 1 is 1.40 bits per heavy atom. The summed E-state index contributed by atoms with van der Waals surface area (Å²) in [6, 6.07) is 10.3. The van der Waals surface area contributed by atoms with Crippen LogP contribution in [0.4, 0.5) is 0 Å². The van der Waals surface area contributed by atoms with E-state index in [1.165, 1.54) is 5.56 Å². The molecule has 1 heterocycles. The number of ether oxygens (including phenoxy) is 2. The molecule has 1 aliphatic rings. The minimum atomic E-state index is -0.459. The van der Waals surface area contributed by atoms with Crippen LogP contribution >= 0.6 is 15.9 Å². The molecule has 2 atom stereocenters. The van der Waals surface area contributed by atoms with Crippen LogP contribution in [-0.4, -0.2) is 23.8 Å². The van der Waals surface area contributed by atoms with Crippen LogP contribution in [0, 0.1) is 0 Å². The monoisotopic (exact) mass is 270 g/mol. The lowest BCUT2D eigenvalue weighted by Crippen LogP contribution is -2.29. The van der Waals surface area contributed by atoms with Gasteiger partial charge in [0.05, 0.1) is 12.7 Å². The third-order valence-corrected chi connectivity index (χ3v) is 3.25. The molecule has 0 amide bonds. The molecular formula is C12H15BrO2. The zero-order valence-electron chi connectivity index (χ0n) is 8.78. The summed E-state index contributed by atoms with van der Waals surface area (Å²) in [5.41, 5.74) is 1.25. The van der Waals surface area contributed by atoms with E-state index in [2.05, 4.69) is 28.1 Å². The summed E-state index contributed by atoms with van der Waals surface area (Å²) in [6.07, 6.45) is 0.982. The van der Waals surface area contributed by atoms with Crippen molar-refractivity contribution in [1.82, 2.24) is 0 Å². The highest BCUT2D eigenvalue weighted by molar-refractivity contribution is 9.09. The molecule has 2 nitrogen and oxygen atoms in total. The van der Waals surface area contributed by atoms with Gasteiger partial charge in [-0.2, -0.15) is 0 Å². The molecule has 1 saturated heterocycles. The second-order valence-electron chi connectivity index (χ2n) is 4.00. The molecule has 0 aromatic heterocycles. The van der Waals surface area contributed by atoms with E-state index in [-0.39, 0.29) is 6.10 Å². The number of alkyl halides is 1. The van der Waals surface area contributed by atoms with Crippen molar-refractivity contribution < 1.29 is 9.47 Å². The van der Waals surface area contributed by atoms with Crippen molar-refractivity contribution >= 4 is 15.9 Å². The first kappa shape index (κ1) is 11.1. The van der Waals surface area contributed by atoms with Crippen LogP contribution in [0.3, 0.4) is 0 Å². The maximum Gasteiger partial charge on any atom is 0.170 e. The first-order valence-electron chi connectivity index (χ1n) is 5.13. The fourth-order valence-electron chi connectivity index (χ4n) is 1.83. The minimum Gasteiger partial charge on any atom is -0.347 e. The van der Waals surface area contributed by atoms with Gasteiger partial charge in [0.1, 0.15) is 0 Å². The quantitative estimate of drug-likeness (QED) is 0.787. The highest BCUT2D eigenvalue weighted by Gasteiger charge is 2.36. The maximum atomic E-state index is 5.83. The van der Waals surface area contributed by atoms with Gasteiger partial charge in [0, 0.05) is 11.8 Å². The van der Waals surface area contributed by atoms with Crippen molar-refractivity contribution in [3.8, 4) is 0 Å². The Kier molecular flexibility index (Phi) is 3.44. The van der Waals surface area contributed by atoms with Gasteiger partial charge < -0.3 is 9.47 Å². The molecule has 0 bridgehead atoms. The highest BCUT2D eigenvalue weighted by Crippen LogP contribution is 2.27. The molecule has 2 rings (SSSR count). The number of hydrogen-bond donors (Lipinski definition) is 0. The average Bonchev–Trinajstić information content (AvgIpc) is 2.61. The van der Waals surface area contributed by atoms with Crippen molar-refractivity contribution in [3.63, 3.8) is 0 Å². The van der Waals surface area contributed by atoms with Crippen LogP contribution in [0.15, 0.2) is 30.3 Å². The summed E-state index contributed by atoms with van der Waals surface area (Å²) in [7, 11) is 0. The molecule has 15 heavy (non-hydrogen) atoms. The molecule has 3 heteroatoms. The normalized spacial score (nSPS) is 30.7. The Balaban J connectivity index is 2.00. The van der Waals surface area contributed by atoms with Crippen LogP contribution in [0.1, 0.15) is 12.5 Å². The smallest absolute Gasteiger partial charge is 0.170 e. The van der Waals surface area contributed by atoms with Gasteiger partial charge in [-0.05, 0) is 12.5 Å². The van der Waals surface area contributed by atoms with E-state index in [1.807, 2.05) is 25.1 Å². The second kappa shape index (κ2) is 4.64. The van der Waals surface area contributed by atoms with E-state index in [0.717, 1.165) is 11.8 Å². The molecule has 0 saturated carbocycles. The van der Waals surface area contributed by atoms with Gasteiger partial charge in [-0.25, -0.2) is 0 Å². The first-order valence-corrected chi connectivity index (χ1v) is 6.26. The summed E-state index contributed by atoms with van der Waals surface area (Å²) < 4.78 is 11.5. The third kappa shape index (κ3) is 2.80. The van der Waals surface area contributed by atoms with Gasteiger partial charge in [0.15, 0.2) is 5.79 Å². The van der Waals surface area contributed by atoms with Crippen molar-refractivity contribution in [3.05, 3.63) is 35.9 Å². The summed E-state index contributed by atoms with van der Waals surface area (Å²) >= 11 is 3.41. The SMILES string of the molecule is CC1(Cc2ccccc2)OCC(CBr)O1. The Bertz CT molecular complexity index is 315. The van der Waals surface area contributed by atoms with Crippen LogP contribution in [-0.2, 0) is 15.9 Å². The van der Waals surface area contributed by atoms with Gasteiger partial charge >= 0.3 is 0 Å². The predicted octanol–water partition coefficient (Wildman–Crippen LogP) is 2.76. The van der Waals surface area contributed by atoms with Gasteiger partial charge in [-0.15, -0.1) is 0 Å². The van der Waals surface area contributed by atoms with Crippen molar-refractivity contribution in [2.45, 2.75) is 25.2 Å². The van der Waals surface area contributed by atoms with Gasteiger partial charge in [-0.1, -0.05) is 46.3 Å². The van der Waals surface area contributed by atoms with E-state index in [1.54, 1.807) is 0 Å². The fourth-order valence-corrected chi connectivity index (χ4v) is 2.14. The Morgan fingerprint density at radius 2 is 2.13 bits per heavy atom. The molecular weight excluding hydrogens is 256 g/mol. The standard InChI is InChI=1S/C12H15BrO2/c1-12(14-9-11(8-13)15-12)7-10-5-3-2-4-6-10/h2-6,11H,7-9H2,1H3. The van der Waals surface area contributed by atoms with Gasteiger partial charge in [-0.3, -0.25) is 0 Å². The first-order chi connectivity index (χ1) is 7.22. The lowest BCUT2D eigenvalue weighted by atomic mass is 10.1. The van der Waals surface area contributed by atoms with Crippen molar-refractivity contribution in [2.75, 3.05) is 11.9 Å². The molecule has 0 aliphatic carbocycles. The van der Waals surface area contributed by atoms with E-state index < -0.39 is 5.79 Å². The van der Waals surface area contributed by atoms with Crippen molar-refractivity contribution in [1.29, 1.82) is 0 Å². The second-order valence-corrected chi connectivity index (χ2v) is 4.65. The summed E-state index contributed by atoms with van der Waals surface area (Å²) in [4.78, 5) is 0. The number of hydrogen-bond acceptors (Lipinski definition) is 2. The van der Waals surface area contributed by atoms with Gasteiger partial charge in [0.2, 0.25) is 0 Å². The highest BCUT2D eigenvalue weighted by atomic mass is 79.9. The Labute approximate surface area is 98.7 Å². The summed E-state index contributed by atoms with van der Waals surface area (Å²) in [6.45, 7) is 2.68. The molecule has 82 valence electrons. The van der Waals surface area contributed by atoms with Crippen LogP contribution < -0.4 is 0 Å². The summed E-state index contributed by atoms with van der Waals surface area (Å²) in [5.74, 6) is -0.459. The molecule has 1 aromatic rings. The maximum absolute atomic E-state index is 5.83. The third-order valence-electron chi connectivity index (χ3n) is 2.53. The van der Waals surface area contributed by atoms with E-state index in [0.29, 0.717) is 6.61 Å². The molecule has 2 unspecified atom stereocenters. The summed E-state index contributed by atoms with van der Waals surface area (Å²) in [5, 5.41) is 0.831. The molecule has 0 spiro atoms. The van der Waals surface area contributed by atoms with E-state index >= 15 is 0 Å². The largest absolute Gasteiger partial charge is 0.347 e. The lowest BCUT2D eigenvalue weighted by Gasteiger charge is -2.23. The molecule has 1 aromatic carbocycles. The fraction of sp³-hybridized carbons (Fsp3) is 0.500. The van der Waals surface area contributed by atoms with E-state index in [9.17, 15) is 0 Å². The molecule has 0 radical (unpaired) electrons. The number of rotatable bonds is 3. The topological polar surface area (TPSA) is 18.5 Å². The molecule has 1 fully saturated rings. The predicted molar refractivity (Wildman–Crippen MR) is 63.2 cm³/mol. The van der Waals surface area contributed by atoms with Crippen LogP contribution in [0.25, 0.3) is 0 Å². The average molecular weight is 271 g/mol. The van der Waals surface area contributed by atoms with E-state index in [4.69, 9.17) is 9.47 Å². The number of halogens is 1. The zero-order chi connectivity index (χ0) is 10.7. The zero-order valence-corrected chi connectivity index (χ0v) is 10.4. The van der Waals surface area contributed by atoms with Gasteiger partial charge in [0.25, 0.3) is 0 Å². The number of benzene rings is 1. The van der Waals surface area contributed by atoms with Crippen molar-refractivity contribution in [2.24, 2.45) is 0 Å². The Hall–Kier alpha value is -0.380. The van der Waals surface area contributed by atoms with Crippen LogP contribution in [0.2, 0.25) is 0 Å². The van der Waals surface area contributed by atoms with Crippen LogP contribution in [0.5, 0.6) is 0 Å². The Morgan fingerprint density at radius 3 is 2.73 bits per heavy atom. The molecule has 1 aliphatic heterocycles. The lowest BCUT2D eigenvalue weighted by molar-refractivity contribution is -0.149. The minimum absolute atomic E-state index is 0.179.